The number of rotatable bonds is 0. The van der Waals surface area contributed by atoms with E-state index < -0.39 is 5.63 Å². The topological polar surface area (TPSA) is 43.1 Å². The molecule has 3 nitrogen and oxygen atoms in total. The number of halogens is 2. The molecule has 13 heavy (non-hydrogen) atoms. The molecule has 0 bridgehead atoms. The first kappa shape index (κ1) is 8.72. The van der Waals surface area contributed by atoms with Gasteiger partial charge >= 0.3 is 5.63 Å². The monoisotopic (exact) mass is 259 g/mol. The van der Waals surface area contributed by atoms with E-state index in [0.717, 1.165) is 0 Å². The first-order valence-electron chi connectivity index (χ1n) is 3.43. The summed E-state index contributed by atoms with van der Waals surface area (Å²) in [7, 11) is 0. The van der Waals surface area contributed by atoms with E-state index in [1.54, 1.807) is 18.2 Å². The average Bonchev–Trinajstić information content (AvgIpc) is 2.02. The first-order valence-corrected chi connectivity index (χ1v) is 4.60. The number of fused-ring (bicyclic) bond motifs is 1. The molecular weight excluding hydrogens is 257 g/mol. The second-order valence-corrected chi connectivity index (χ2v) is 3.57. The molecule has 0 N–H and O–H groups in total. The molecule has 0 unspecified atom stereocenters. The molecule has 1 aromatic carbocycles. The van der Waals surface area contributed by atoms with Gasteiger partial charge in [0.2, 0.25) is 0 Å². The average molecular weight is 260 g/mol. The molecule has 0 aliphatic heterocycles. The van der Waals surface area contributed by atoms with Crippen molar-refractivity contribution in [3.63, 3.8) is 0 Å². The van der Waals surface area contributed by atoms with Gasteiger partial charge in [-0.1, -0.05) is 6.07 Å². The Bertz CT molecular complexity index is 523. The molecule has 0 spiro atoms. The van der Waals surface area contributed by atoms with Crippen LogP contribution in [0.3, 0.4) is 0 Å². The van der Waals surface area contributed by atoms with Crippen LogP contribution in [0, 0.1) is 0 Å². The van der Waals surface area contributed by atoms with Crippen LogP contribution in [0.15, 0.2) is 31.9 Å². The Kier molecular flexibility index (Phi) is 2.09. The Balaban J connectivity index is 3.03. The SMILES string of the molecule is O=c1oc(Cl)nc2cccc(Br)c12. The summed E-state index contributed by atoms with van der Waals surface area (Å²) >= 11 is 8.71. The standard InChI is InChI=1S/C8H3BrClNO2/c9-4-2-1-3-5-6(4)7(12)13-8(10)11-5/h1-3H. The lowest BCUT2D eigenvalue weighted by atomic mass is 10.2. The molecule has 0 saturated heterocycles. The molecule has 0 atom stereocenters. The van der Waals surface area contributed by atoms with Gasteiger partial charge in [-0.25, -0.2) is 9.78 Å². The van der Waals surface area contributed by atoms with Crippen molar-refractivity contribution >= 4 is 38.4 Å². The van der Waals surface area contributed by atoms with Crippen LogP contribution in [-0.4, -0.2) is 4.98 Å². The summed E-state index contributed by atoms with van der Waals surface area (Å²) in [4.78, 5) is 15.2. The van der Waals surface area contributed by atoms with Gasteiger partial charge in [-0.05, 0) is 39.7 Å². The summed E-state index contributed by atoms with van der Waals surface area (Å²) in [5.41, 5.74) is 0.0399. The lowest BCUT2D eigenvalue weighted by Crippen LogP contribution is -2.01. The molecule has 0 amide bonds. The maximum Gasteiger partial charge on any atom is 0.348 e. The number of hydrogen-bond donors (Lipinski definition) is 0. The fourth-order valence-electron chi connectivity index (χ4n) is 1.05. The highest BCUT2D eigenvalue weighted by Crippen LogP contribution is 2.19. The van der Waals surface area contributed by atoms with E-state index in [4.69, 9.17) is 11.6 Å². The largest absolute Gasteiger partial charge is 0.393 e. The molecule has 0 saturated carbocycles. The highest BCUT2D eigenvalue weighted by molar-refractivity contribution is 9.10. The van der Waals surface area contributed by atoms with Crippen LogP contribution in [0.25, 0.3) is 10.9 Å². The second-order valence-electron chi connectivity index (χ2n) is 2.39. The van der Waals surface area contributed by atoms with Crippen LogP contribution < -0.4 is 5.63 Å². The lowest BCUT2D eigenvalue weighted by Gasteiger charge is -1.96. The zero-order valence-electron chi connectivity index (χ0n) is 6.25. The van der Waals surface area contributed by atoms with Crippen LogP contribution in [0.2, 0.25) is 5.35 Å². The highest BCUT2D eigenvalue weighted by Gasteiger charge is 2.06. The predicted molar refractivity (Wildman–Crippen MR) is 53.0 cm³/mol. The third-order valence-electron chi connectivity index (χ3n) is 1.58. The summed E-state index contributed by atoms with van der Waals surface area (Å²) in [5.74, 6) is 0. The Labute approximate surface area is 86.5 Å². The fourth-order valence-corrected chi connectivity index (χ4v) is 1.73. The summed E-state index contributed by atoms with van der Waals surface area (Å²) in [6, 6.07) is 5.22. The smallest absolute Gasteiger partial charge is 0.348 e. The van der Waals surface area contributed by atoms with Gasteiger partial charge in [-0.15, -0.1) is 0 Å². The quantitative estimate of drug-likeness (QED) is 0.731. The van der Waals surface area contributed by atoms with Crippen LogP contribution in [0.5, 0.6) is 0 Å². The summed E-state index contributed by atoms with van der Waals surface area (Å²) in [6.45, 7) is 0. The van der Waals surface area contributed by atoms with Gasteiger partial charge < -0.3 is 4.42 Å². The van der Waals surface area contributed by atoms with E-state index in [2.05, 4.69) is 25.3 Å². The zero-order chi connectivity index (χ0) is 9.42. The molecule has 1 aromatic heterocycles. The zero-order valence-corrected chi connectivity index (χ0v) is 8.59. The van der Waals surface area contributed by atoms with Crippen LogP contribution in [0.1, 0.15) is 0 Å². The van der Waals surface area contributed by atoms with Gasteiger partial charge in [0.15, 0.2) is 0 Å². The van der Waals surface area contributed by atoms with Crippen molar-refractivity contribution in [2.75, 3.05) is 0 Å². The van der Waals surface area contributed by atoms with E-state index in [0.29, 0.717) is 15.4 Å². The van der Waals surface area contributed by atoms with Gasteiger partial charge in [-0.3, -0.25) is 0 Å². The molecule has 5 heteroatoms. The van der Waals surface area contributed by atoms with Gasteiger partial charge in [0, 0.05) is 4.47 Å². The number of nitrogens with zero attached hydrogens (tertiary/aromatic N) is 1. The number of hydrogen-bond acceptors (Lipinski definition) is 3. The summed E-state index contributed by atoms with van der Waals surface area (Å²) in [6.07, 6.45) is 0. The summed E-state index contributed by atoms with van der Waals surface area (Å²) in [5, 5.41) is 0.266. The van der Waals surface area contributed by atoms with Crippen molar-refractivity contribution in [1.29, 1.82) is 0 Å². The number of aromatic nitrogens is 1. The molecular formula is C8H3BrClNO2. The van der Waals surface area contributed by atoms with E-state index in [9.17, 15) is 4.79 Å². The third-order valence-corrected chi connectivity index (χ3v) is 2.40. The van der Waals surface area contributed by atoms with Gasteiger partial charge in [0.1, 0.15) is 5.39 Å². The lowest BCUT2D eigenvalue weighted by molar-refractivity contribution is 0.503. The van der Waals surface area contributed by atoms with Crippen molar-refractivity contribution in [2.24, 2.45) is 0 Å². The molecule has 0 aliphatic rings. The minimum absolute atomic E-state index is 0.143. The molecule has 1 heterocycles. The Morgan fingerprint density at radius 3 is 3.00 bits per heavy atom. The minimum atomic E-state index is -0.484. The van der Waals surface area contributed by atoms with Crippen molar-refractivity contribution in [3.8, 4) is 0 Å². The van der Waals surface area contributed by atoms with Crippen molar-refractivity contribution in [3.05, 3.63) is 38.4 Å². The fraction of sp³-hybridized carbons (Fsp3) is 0. The van der Waals surface area contributed by atoms with Gasteiger partial charge in [-0.2, -0.15) is 0 Å². The van der Waals surface area contributed by atoms with Gasteiger partial charge in [0.05, 0.1) is 5.52 Å². The second kappa shape index (κ2) is 3.12. The van der Waals surface area contributed by atoms with Crippen molar-refractivity contribution < 1.29 is 4.42 Å². The maximum absolute atomic E-state index is 11.3. The molecule has 2 rings (SSSR count). The Morgan fingerprint density at radius 1 is 1.46 bits per heavy atom. The third kappa shape index (κ3) is 1.47. The number of benzene rings is 1. The Morgan fingerprint density at radius 2 is 2.23 bits per heavy atom. The maximum atomic E-state index is 11.3. The van der Waals surface area contributed by atoms with Crippen molar-refractivity contribution in [1.82, 2.24) is 4.98 Å². The molecule has 2 aromatic rings. The van der Waals surface area contributed by atoms with Crippen LogP contribution >= 0.6 is 27.5 Å². The molecule has 66 valence electrons. The van der Waals surface area contributed by atoms with E-state index in [1.807, 2.05) is 0 Å². The minimum Gasteiger partial charge on any atom is -0.393 e. The Hall–Kier alpha value is -0.870. The molecule has 0 fully saturated rings. The van der Waals surface area contributed by atoms with Gasteiger partial charge in [0.25, 0.3) is 5.35 Å². The van der Waals surface area contributed by atoms with E-state index in [-0.39, 0.29) is 5.35 Å². The van der Waals surface area contributed by atoms with E-state index >= 15 is 0 Å². The van der Waals surface area contributed by atoms with Crippen LogP contribution in [-0.2, 0) is 0 Å². The summed E-state index contributed by atoms with van der Waals surface area (Å²) < 4.78 is 5.30. The first-order chi connectivity index (χ1) is 6.18. The van der Waals surface area contributed by atoms with Crippen LogP contribution in [0.4, 0.5) is 0 Å². The van der Waals surface area contributed by atoms with E-state index in [1.165, 1.54) is 0 Å². The predicted octanol–water partition coefficient (Wildman–Crippen LogP) is 2.60. The molecule has 0 radical (unpaired) electrons. The highest BCUT2D eigenvalue weighted by atomic mass is 79.9. The molecule has 0 aliphatic carbocycles. The normalized spacial score (nSPS) is 10.6. The van der Waals surface area contributed by atoms with Crippen molar-refractivity contribution in [2.45, 2.75) is 0 Å².